The summed E-state index contributed by atoms with van der Waals surface area (Å²) in [6, 6.07) is 3.25. The van der Waals surface area contributed by atoms with Crippen molar-refractivity contribution in [2.24, 2.45) is 0 Å². The Labute approximate surface area is 104 Å². The van der Waals surface area contributed by atoms with E-state index in [2.05, 4.69) is 25.7 Å². The van der Waals surface area contributed by atoms with Crippen LogP contribution in [-0.4, -0.2) is 11.3 Å². The molecule has 17 heavy (non-hydrogen) atoms. The Morgan fingerprint density at radius 1 is 1.53 bits per heavy atom. The van der Waals surface area contributed by atoms with Gasteiger partial charge in [0.25, 0.3) is 0 Å². The minimum absolute atomic E-state index is 0.000671. The highest BCUT2D eigenvalue weighted by molar-refractivity contribution is 9.08. The molecule has 0 amide bonds. The van der Waals surface area contributed by atoms with E-state index >= 15 is 0 Å². The van der Waals surface area contributed by atoms with Crippen LogP contribution in [0.1, 0.15) is 17.0 Å². The molecule has 1 rings (SSSR count). The van der Waals surface area contributed by atoms with E-state index in [1.54, 1.807) is 6.07 Å². The lowest BCUT2D eigenvalue weighted by Gasteiger charge is -2.14. The molecule has 0 aromatic carbocycles. The maximum absolute atomic E-state index is 12.2. The van der Waals surface area contributed by atoms with Crippen LogP contribution < -0.4 is 4.74 Å². The number of rotatable bonds is 3. The lowest BCUT2D eigenvalue weighted by atomic mass is 10.1. The second kappa shape index (κ2) is 5.36. The second-order valence-corrected chi connectivity index (χ2v) is 3.78. The molecular formula is C10H8BrF3N2O. The van der Waals surface area contributed by atoms with Gasteiger partial charge in [-0.2, -0.15) is 5.26 Å². The van der Waals surface area contributed by atoms with E-state index in [0.717, 1.165) is 0 Å². The predicted octanol–water partition coefficient (Wildman–Crippen LogP) is 3.25. The molecule has 0 atom stereocenters. The minimum atomic E-state index is -4.79. The van der Waals surface area contributed by atoms with Gasteiger partial charge in [-0.15, -0.1) is 13.2 Å². The number of aryl methyl sites for hydroxylation is 1. The van der Waals surface area contributed by atoms with Crippen molar-refractivity contribution in [1.82, 2.24) is 4.98 Å². The smallest absolute Gasteiger partial charge is 0.404 e. The van der Waals surface area contributed by atoms with Crippen LogP contribution in [0.5, 0.6) is 5.75 Å². The zero-order valence-electron chi connectivity index (χ0n) is 8.81. The van der Waals surface area contributed by atoms with Crippen molar-refractivity contribution in [3.63, 3.8) is 0 Å². The summed E-state index contributed by atoms with van der Waals surface area (Å²) in [5, 5.41) is 8.96. The maximum Gasteiger partial charge on any atom is 0.573 e. The Bertz CT molecular complexity index is 454. The van der Waals surface area contributed by atoms with E-state index in [9.17, 15) is 13.2 Å². The van der Waals surface area contributed by atoms with Crippen LogP contribution in [0.3, 0.4) is 0 Å². The molecule has 0 aliphatic carbocycles. The monoisotopic (exact) mass is 308 g/mol. The third-order valence-electron chi connectivity index (χ3n) is 1.88. The van der Waals surface area contributed by atoms with Crippen molar-refractivity contribution in [3.8, 4) is 11.8 Å². The predicted molar refractivity (Wildman–Crippen MR) is 57.6 cm³/mol. The standard InChI is InChI=1S/C10H8BrF3N2O/c1-6-4-7(5-11)16-8(2-3-15)9(6)17-10(12,13)14/h4H,2,5H2,1H3. The first-order valence-electron chi connectivity index (χ1n) is 4.55. The number of alkyl halides is 4. The van der Waals surface area contributed by atoms with Crippen molar-refractivity contribution in [3.05, 3.63) is 23.0 Å². The molecule has 0 spiro atoms. The molecule has 0 fully saturated rings. The fraction of sp³-hybridized carbons (Fsp3) is 0.400. The molecule has 0 aliphatic heterocycles. The first kappa shape index (κ1) is 13.8. The van der Waals surface area contributed by atoms with Gasteiger partial charge in [0.15, 0.2) is 5.75 Å². The van der Waals surface area contributed by atoms with Gasteiger partial charge in [-0.3, -0.25) is 4.98 Å². The summed E-state index contributed by atoms with van der Waals surface area (Å²) in [4.78, 5) is 3.93. The number of hydrogen-bond acceptors (Lipinski definition) is 3. The zero-order chi connectivity index (χ0) is 13.1. The number of hydrogen-bond donors (Lipinski definition) is 0. The number of nitriles is 1. The number of ether oxygens (including phenoxy) is 1. The van der Waals surface area contributed by atoms with Crippen LogP contribution in [0.4, 0.5) is 13.2 Å². The molecule has 0 saturated carbocycles. The van der Waals surface area contributed by atoms with E-state index in [4.69, 9.17) is 5.26 Å². The van der Waals surface area contributed by atoms with Crippen molar-refractivity contribution < 1.29 is 17.9 Å². The van der Waals surface area contributed by atoms with Gasteiger partial charge < -0.3 is 4.74 Å². The summed E-state index contributed by atoms with van der Waals surface area (Å²) < 4.78 is 40.4. The zero-order valence-corrected chi connectivity index (χ0v) is 10.4. The third-order valence-corrected chi connectivity index (χ3v) is 2.46. The van der Waals surface area contributed by atoms with Gasteiger partial charge >= 0.3 is 6.36 Å². The van der Waals surface area contributed by atoms with Crippen LogP contribution in [0, 0.1) is 18.3 Å². The molecule has 92 valence electrons. The summed E-state index contributed by atoms with van der Waals surface area (Å²) in [6.45, 7) is 1.48. The molecule has 3 nitrogen and oxygen atoms in total. The fourth-order valence-electron chi connectivity index (χ4n) is 1.32. The van der Waals surface area contributed by atoms with E-state index in [1.807, 2.05) is 0 Å². The fourth-order valence-corrected chi connectivity index (χ4v) is 1.60. The van der Waals surface area contributed by atoms with Crippen LogP contribution in [0.15, 0.2) is 6.07 Å². The lowest BCUT2D eigenvalue weighted by molar-refractivity contribution is -0.275. The Morgan fingerprint density at radius 3 is 2.65 bits per heavy atom. The van der Waals surface area contributed by atoms with Crippen LogP contribution in [0.2, 0.25) is 0 Å². The first-order chi connectivity index (χ1) is 7.87. The molecule has 1 aromatic heterocycles. The van der Waals surface area contributed by atoms with Gasteiger partial charge in [-0.1, -0.05) is 15.9 Å². The average Bonchev–Trinajstić information content (AvgIpc) is 2.21. The van der Waals surface area contributed by atoms with E-state index in [-0.39, 0.29) is 17.9 Å². The molecule has 0 saturated heterocycles. The minimum Gasteiger partial charge on any atom is -0.404 e. The highest BCUT2D eigenvalue weighted by Gasteiger charge is 2.33. The van der Waals surface area contributed by atoms with Crippen molar-refractivity contribution in [1.29, 1.82) is 5.26 Å². The van der Waals surface area contributed by atoms with Gasteiger partial charge in [0.05, 0.1) is 23.9 Å². The Balaban J connectivity index is 3.22. The normalized spacial score (nSPS) is 11.1. The first-order valence-corrected chi connectivity index (χ1v) is 5.67. The van der Waals surface area contributed by atoms with Gasteiger partial charge in [-0.05, 0) is 18.6 Å². The largest absolute Gasteiger partial charge is 0.573 e. The quantitative estimate of drug-likeness (QED) is 0.805. The van der Waals surface area contributed by atoms with Crippen LogP contribution in [0.25, 0.3) is 0 Å². The number of pyridine rings is 1. The SMILES string of the molecule is Cc1cc(CBr)nc(CC#N)c1OC(F)(F)F. The highest BCUT2D eigenvalue weighted by atomic mass is 79.9. The lowest BCUT2D eigenvalue weighted by Crippen LogP contribution is -2.19. The summed E-state index contributed by atoms with van der Waals surface area (Å²) in [6.07, 6.45) is -5.01. The Hall–Kier alpha value is -1.29. The Morgan fingerprint density at radius 2 is 2.18 bits per heavy atom. The summed E-state index contributed by atoms with van der Waals surface area (Å²) >= 11 is 3.15. The van der Waals surface area contributed by atoms with Crippen LogP contribution in [-0.2, 0) is 11.8 Å². The van der Waals surface area contributed by atoms with Crippen molar-refractivity contribution in [2.45, 2.75) is 25.0 Å². The third kappa shape index (κ3) is 3.89. The van der Waals surface area contributed by atoms with Crippen molar-refractivity contribution in [2.75, 3.05) is 0 Å². The molecule has 0 bridgehead atoms. The molecule has 0 radical (unpaired) electrons. The highest BCUT2D eigenvalue weighted by Crippen LogP contribution is 2.30. The molecule has 1 heterocycles. The molecule has 0 unspecified atom stereocenters. The summed E-state index contributed by atoms with van der Waals surface area (Å²) in [7, 11) is 0. The number of nitrogens with zero attached hydrogens (tertiary/aromatic N) is 2. The molecule has 0 aliphatic rings. The van der Waals surface area contributed by atoms with Crippen LogP contribution >= 0.6 is 15.9 Å². The molecule has 1 aromatic rings. The van der Waals surface area contributed by atoms with Gasteiger partial charge in [0, 0.05) is 5.33 Å². The van der Waals surface area contributed by atoms with Gasteiger partial charge in [-0.25, -0.2) is 0 Å². The van der Waals surface area contributed by atoms with Gasteiger partial charge in [0.2, 0.25) is 0 Å². The number of halogens is 4. The average molecular weight is 309 g/mol. The summed E-state index contributed by atoms with van der Waals surface area (Å²) in [5.74, 6) is -0.385. The molecule has 0 N–H and O–H groups in total. The second-order valence-electron chi connectivity index (χ2n) is 3.22. The van der Waals surface area contributed by atoms with E-state index < -0.39 is 6.36 Å². The van der Waals surface area contributed by atoms with E-state index in [0.29, 0.717) is 16.6 Å². The molecule has 7 heteroatoms. The topological polar surface area (TPSA) is 45.9 Å². The maximum atomic E-state index is 12.2. The summed E-state index contributed by atoms with van der Waals surface area (Å²) in [5.41, 5.74) is 0.860. The Kier molecular flexibility index (Phi) is 4.34. The van der Waals surface area contributed by atoms with E-state index in [1.165, 1.54) is 13.0 Å². The van der Waals surface area contributed by atoms with Gasteiger partial charge in [0.1, 0.15) is 0 Å². The molecular weight excluding hydrogens is 301 g/mol. The van der Waals surface area contributed by atoms with Crippen molar-refractivity contribution >= 4 is 15.9 Å². The number of aromatic nitrogens is 1.